The molecule has 0 bridgehead atoms. The smallest absolute Gasteiger partial charge is 0.353 e. The summed E-state index contributed by atoms with van der Waals surface area (Å²) in [5.41, 5.74) is 5.33. The molecular formula is C12H20N6O4. The van der Waals surface area contributed by atoms with E-state index < -0.39 is 4.92 Å². The van der Waals surface area contributed by atoms with Crippen LogP contribution in [0, 0.1) is 10.1 Å². The Morgan fingerprint density at radius 1 is 1.45 bits per heavy atom. The van der Waals surface area contributed by atoms with Gasteiger partial charge in [-0.2, -0.15) is 9.97 Å². The van der Waals surface area contributed by atoms with E-state index in [4.69, 9.17) is 15.6 Å². The van der Waals surface area contributed by atoms with Crippen LogP contribution in [-0.4, -0.2) is 58.4 Å². The minimum Gasteiger partial charge on any atom is -0.395 e. The summed E-state index contributed by atoms with van der Waals surface area (Å²) in [5, 5.41) is 22.7. The van der Waals surface area contributed by atoms with Crippen LogP contribution in [0.5, 0.6) is 0 Å². The van der Waals surface area contributed by atoms with Crippen LogP contribution in [0.15, 0.2) is 0 Å². The van der Waals surface area contributed by atoms with E-state index in [1.54, 1.807) is 0 Å². The van der Waals surface area contributed by atoms with Crippen molar-refractivity contribution >= 4 is 23.3 Å². The summed E-state index contributed by atoms with van der Waals surface area (Å²) >= 11 is 0. The number of rotatable bonds is 5. The molecular weight excluding hydrogens is 292 g/mol. The van der Waals surface area contributed by atoms with Crippen molar-refractivity contribution in [2.24, 2.45) is 0 Å². The number of hydrogen-bond donors (Lipinski definition) is 3. The third-order valence-electron chi connectivity index (χ3n) is 3.19. The molecule has 2 heterocycles. The Morgan fingerprint density at radius 2 is 2.09 bits per heavy atom. The molecule has 0 aliphatic carbocycles. The Bertz CT molecular complexity index is 545. The Hall–Kier alpha value is -2.20. The number of nitrogens with zero attached hydrogens (tertiary/aromatic N) is 4. The number of aliphatic hydroxyl groups excluding tert-OH is 1. The second-order valence-corrected chi connectivity index (χ2v) is 5.18. The molecule has 2 atom stereocenters. The van der Waals surface area contributed by atoms with Crippen LogP contribution in [0.2, 0.25) is 0 Å². The summed E-state index contributed by atoms with van der Waals surface area (Å²) in [6.07, 6.45) is -0.00441. The number of nitrogens with one attached hydrogen (secondary N) is 1. The largest absolute Gasteiger partial charge is 0.395 e. The van der Waals surface area contributed by atoms with Crippen LogP contribution in [0.3, 0.4) is 0 Å². The molecule has 0 amide bonds. The highest BCUT2D eigenvalue weighted by Gasteiger charge is 2.28. The maximum atomic E-state index is 11.1. The van der Waals surface area contributed by atoms with Gasteiger partial charge in [-0.05, 0) is 13.8 Å². The third kappa shape index (κ3) is 3.52. The van der Waals surface area contributed by atoms with Gasteiger partial charge in [-0.1, -0.05) is 0 Å². The van der Waals surface area contributed by atoms with E-state index in [1.165, 1.54) is 0 Å². The highest BCUT2D eigenvalue weighted by molar-refractivity contribution is 5.70. The molecule has 0 saturated carbocycles. The molecule has 0 unspecified atom stereocenters. The molecule has 0 aromatic carbocycles. The standard InChI is InChI=1S/C12H20N6O4/c1-7-5-17(6-8(2)22-7)12-15-10(13)9(18(20)21)11(16-12)14-3-4-19/h7-8,19H,3-6H2,1-2H3,(H3,13,14,15,16)/t7-,8+. The fourth-order valence-corrected chi connectivity index (χ4v) is 2.42. The van der Waals surface area contributed by atoms with Crippen LogP contribution in [-0.2, 0) is 4.74 Å². The minimum atomic E-state index is -0.636. The molecule has 0 spiro atoms. The molecule has 4 N–H and O–H groups in total. The topological polar surface area (TPSA) is 140 Å². The minimum absolute atomic E-state index is 0.00221. The van der Waals surface area contributed by atoms with Crippen molar-refractivity contribution in [3.05, 3.63) is 10.1 Å². The molecule has 1 aliphatic rings. The third-order valence-corrected chi connectivity index (χ3v) is 3.19. The van der Waals surface area contributed by atoms with Gasteiger partial charge in [-0.15, -0.1) is 0 Å². The molecule has 22 heavy (non-hydrogen) atoms. The second kappa shape index (κ2) is 6.71. The summed E-state index contributed by atoms with van der Waals surface area (Å²) in [7, 11) is 0. The average molecular weight is 312 g/mol. The van der Waals surface area contributed by atoms with Gasteiger partial charge in [0.05, 0.1) is 23.7 Å². The average Bonchev–Trinajstić information content (AvgIpc) is 2.42. The lowest BCUT2D eigenvalue weighted by Gasteiger charge is -2.35. The van der Waals surface area contributed by atoms with Gasteiger partial charge in [-0.3, -0.25) is 10.1 Å². The maximum absolute atomic E-state index is 11.1. The Labute approximate surface area is 127 Å². The van der Waals surface area contributed by atoms with E-state index in [0.29, 0.717) is 19.0 Å². The van der Waals surface area contributed by atoms with E-state index in [0.717, 1.165) is 0 Å². The predicted octanol–water partition coefficient (Wildman–Crippen LogP) is -0.0152. The number of nitrogen functional groups attached to an aromatic ring is 1. The fraction of sp³-hybridized carbons (Fsp3) is 0.667. The number of nitrogens with two attached hydrogens (primary N) is 1. The zero-order valence-electron chi connectivity index (χ0n) is 12.5. The lowest BCUT2D eigenvalue weighted by molar-refractivity contribution is -0.383. The highest BCUT2D eigenvalue weighted by Crippen LogP contribution is 2.30. The van der Waals surface area contributed by atoms with Gasteiger partial charge < -0.3 is 25.8 Å². The van der Waals surface area contributed by atoms with Crippen molar-refractivity contribution in [3.8, 4) is 0 Å². The van der Waals surface area contributed by atoms with Crippen LogP contribution in [0.4, 0.5) is 23.3 Å². The van der Waals surface area contributed by atoms with Crippen molar-refractivity contribution in [1.29, 1.82) is 0 Å². The zero-order chi connectivity index (χ0) is 16.3. The van der Waals surface area contributed by atoms with Gasteiger partial charge in [0, 0.05) is 19.6 Å². The van der Waals surface area contributed by atoms with Gasteiger partial charge in [0.2, 0.25) is 17.6 Å². The molecule has 1 aromatic rings. The van der Waals surface area contributed by atoms with Gasteiger partial charge in [0.15, 0.2) is 0 Å². The quantitative estimate of drug-likeness (QED) is 0.505. The van der Waals surface area contributed by atoms with E-state index in [9.17, 15) is 10.1 Å². The van der Waals surface area contributed by atoms with Gasteiger partial charge in [0.1, 0.15) is 0 Å². The summed E-state index contributed by atoms with van der Waals surface area (Å²) in [6, 6.07) is 0. The van der Waals surface area contributed by atoms with Crippen LogP contribution >= 0.6 is 0 Å². The molecule has 0 radical (unpaired) electrons. The first kappa shape index (κ1) is 16.2. The maximum Gasteiger partial charge on any atom is 0.353 e. The molecule has 1 fully saturated rings. The number of hydrogen-bond acceptors (Lipinski definition) is 9. The van der Waals surface area contributed by atoms with Gasteiger partial charge in [0.25, 0.3) is 0 Å². The van der Waals surface area contributed by atoms with Crippen molar-refractivity contribution in [3.63, 3.8) is 0 Å². The van der Waals surface area contributed by atoms with Crippen LogP contribution in [0.25, 0.3) is 0 Å². The lowest BCUT2D eigenvalue weighted by atomic mass is 10.2. The highest BCUT2D eigenvalue weighted by atomic mass is 16.6. The first-order chi connectivity index (χ1) is 10.4. The number of nitro groups is 1. The number of ether oxygens (including phenoxy) is 1. The van der Waals surface area contributed by atoms with E-state index >= 15 is 0 Å². The van der Waals surface area contributed by atoms with Gasteiger partial charge >= 0.3 is 5.69 Å². The molecule has 1 saturated heterocycles. The van der Waals surface area contributed by atoms with E-state index in [1.807, 2.05) is 18.7 Å². The Balaban J connectivity index is 2.36. The molecule has 1 aromatic heterocycles. The Morgan fingerprint density at radius 3 is 2.64 bits per heavy atom. The van der Waals surface area contributed by atoms with Crippen molar-refractivity contribution in [1.82, 2.24) is 9.97 Å². The lowest BCUT2D eigenvalue weighted by Crippen LogP contribution is -2.46. The Kier molecular flexibility index (Phi) is 4.93. The van der Waals surface area contributed by atoms with E-state index in [-0.39, 0.29) is 42.7 Å². The normalized spacial score (nSPS) is 21.7. The number of aliphatic hydroxyl groups is 1. The molecule has 122 valence electrons. The molecule has 10 nitrogen and oxygen atoms in total. The van der Waals surface area contributed by atoms with Crippen molar-refractivity contribution in [2.75, 3.05) is 42.2 Å². The molecule has 1 aliphatic heterocycles. The van der Waals surface area contributed by atoms with Crippen LogP contribution < -0.4 is 16.0 Å². The van der Waals surface area contributed by atoms with Crippen molar-refractivity contribution < 1.29 is 14.8 Å². The molecule has 2 rings (SSSR count). The number of aromatic nitrogens is 2. The summed E-state index contributed by atoms with van der Waals surface area (Å²) in [5.74, 6) is 0.112. The predicted molar refractivity (Wildman–Crippen MR) is 80.9 cm³/mol. The SMILES string of the molecule is C[C@@H]1CN(c2nc(N)c([N+](=O)[O-])c(NCCO)n2)C[C@H](C)O1. The first-order valence-corrected chi connectivity index (χ1v) is 6.99. The summed E-state index contributed by atoms with van der Waals surface area (Å²) in [4.78, 5) is 20.6. The number of anilines is 3. The van der Waals surface area contributed by atoms with E-state index in [2.05, 4.69) is 15.3 Å². The summed E-state index contributed by atoms with van der Waals surface area (Å²) in [6.45, 7) is 4.96. The molecule has 10 heteroatoms. The number of morpholine rings is 1. The first-order valence-electron chi connectivity index (χ1n) is 6.99. The second-order valence-electron chi connectivity index (χ2n) is 5.18. The van der Waals surface area contributed by atoms with Gasteiger partial charge in [-0.25, -0.2) is 0 Å². The fourth-order valence-electron chi connectivity index (χ4n) is 2.42. The van der Waals surface area contributed by atoms with Crippen molar-refractivity contribution in [2.45, 2.75) is 26.1 Å². The zero-order valence-corrected chi connectivity index (χ0v) is 12.5. The van der Waals surface area contributed by atoms with Crippen LogP contribution in [0.1, 0.15) is 13.8 Å². The summed E-state index contributed by atoms with van der Waals surface area (Å²) < 4.78 is 5.64. The monoisotopic (exact) mass is 312 g/mol.